The molecular formula is C16H20N6O2S. The Kier molecular flexibility index (Phi) is 4.95. The third-order valence-corrected chi connectivity index (χ3v) is 5.36. The van der Waals surface area contributed by atoms with Gasteiger partial charge in [-0.2, -0.15) is 20.1 Å². The predicted molar refractivity (Wildman–Crippen MR) is 92.5 cm³/mol. The van der Waals surface area contributed by atoms with E-state index < -0.39 is 10.0 Å². The highest BCUT2D eigenvalue weighted by molar-refractivity contribution is 7.89. The molecule has 1 atom stereocenters. The van der Waals surface area contributed by atoms with Gasteiger partial charge in [-0.25, -0.2) is 17.8 Å². The molecule has 0 bridgehead atoms. The fourth-order valence-electron chi connectivity index (χ4n) is 2.36. The van der Waals surface area contributed by atoms with Crippen LogP contribution < -0.4 is 4.72 Å². The molecule has 25 heavy (non-hydrogen) atoms. The molecule has 2 heterocycles. The van der Waals surface area contributed by atoms with Crippen LogP contribution >= 0.6 is 0 Å². The molecule has 0 spiro atoms. The molecule has 3 aromatic rings. The Morgan fingerprint density at radius 1 is 1.04 bits per heavy atom. The molecule has 0 fully saturated rings. The maximum atomic E-state index is 12.7. The monoisotopic (exact) mass is 360 g/mol. The molecule has 3 rings (SSSR count). The third-order valence-electron chi connectivity index (χ3n) is 3.85. The highest BCUT2D eigenvalue weighted by Gasteiger charge is 2.23. The van der Waals surface area contributed by atoms with Gasteiger partial charge in [0.2, 0.25) is 10.0 Å². The van der Waals surface area contributed by atoms with Crippen LogP contribution in [0, 0.1) is 5.92 Å². The normalized spacial score (nSPS) is 13.2. The summed E-state index contributed by atoms with van der Waals surface area (Å²) in [5, 5.41) is 12.2. The first-order valence-corrected chi connectivity index (χ1v) is 9.40. The summed E-state index contributed by atoms with van der Waals surface area (Å²) < 4.78 is 29.8. The lowest BCUT2D eigenvalue weighted by Crippen LogP contribution is -2.41. The van der Waals surface area contributed by atoms with E-state index in [1.54, 1.807) is 53.7 Å². The number of nitrogens with zero attached hydrogens (tertiary/aromatic N) is 5. The van der Waals surface area contributed by atoms with Crippen molar-refractivity contribution >= 4 is 10.0 Å². The van der Waals surface area contributed by atoms with Crippen molar-refractivity contribution in [2.24, 2.45) is 5.92 Å². The molecular weight excluding hydrogens is 340 g/mol. The second-order valence-electron chi connectivity index (χ2n) is 6.00. The third kappa shape index (κ3) is 4.12. The van der Waals surface area contributed by atoms with Gasteiger partial charge in [-0.15, -0.1) is 0 Å². The van der Waals surface area contributed by atoms with Crippen LogP contribution in [0.5, 0.6) is 0 Å². The minimum absolute atomic E-state index is 0.0872. The second kappa shape index (κ2) is 7.16. The number of hydrogen-bond acceptors (Lipinski definition) is 5. The lowest BCUT2D eigenvalue weighted by molar-refractivity contribution is 0.361. The molecule has 9 heteroatoms. The molecule has 8 nitrogen and oxygen atoms in total. The minimum atomic E-state index is -3.64. The molecule has 0 aliphatic heterocycles. The van der Waals surface area contributed by atoms with E-state index in [1.165, 1.54) is 4.80 Å². The van der Waals surface area contributed by atoms with Crippen molar-refractivity contribution in [1.82, 2.24) is 29.5 Å². The van der Waals surface area contributed by atoms with Gasteiger partial charge in [-0.3, -0.25) is 0 Å². The lowest BCUT2D eigenvalue weighted by Gasteiger charge is -2.21. The Hall–Kier alpha value is -2.52. The number of hydrogen-bond donors (Lipinski definition) is 1. The highest BCUT2D eigenvalue weighted by atomic mass is 32.2. The fourth-order valence-corrected chi connectivity index (χ4v) is 3.74. The van der Waals surface area contributed by atoms with Crippen molar-refractivity contribution in [2.45, 2.75) is 31.3 Å². The van der Waals surface area contributed by atoms with E-state index in [9.17, 15) is 8.42 Å². The van der Waals surface area contributed by atoms with Crippen LogP contribution in [-0.2, 0) is 16.6 Å². The SMILES string of the molecule is CC(C)C(Cn1nccn1)NS(=O)(=O)c1ccc(-n2cccn2)cc1. The number of aromatic nitrogens is 5. The van der Waals surface area contributed by atoms with Crippen molar-refractivity contribution in [1.29, 1.82) is 0 Å². The van der Waals surface area contributed by atoms with Gasteiger partial charge in [0.1, 0.15) is 0 Å². The zero-order valence-corrected chi connectivity index (χ0v) is 14.8. The minimum Gasteiger partial charge on any atom is -0.241 e. The summed E-state index contributed by atoms with van der Waals surface area (Å²) in [5.41, 5.74) is 0.796. The molecule has 0 aliphatic rings. The molecule has 0 saturated carbocycles. The van der Waals surface area contributed by atoms with Crippen LogP contribution in [0.4, 0.5) is 0 Å². The van der Waals surface area contributed by atoms with Crippen LogP contribution in [0.15, 0.2) is 60.0 Å². The van der Waals surface area contributed by atoms with Gasteiger partial charge in [0, 0.05) is 18.4 Å². The number of rotatable bonds is 7. The van der Waals surface area contributed by atoms with Crippen molar-refractivity contribution < 1.29 is 8.42 Å². The number of nitrogens with one attached hydrogen (secondary N) is 1. The Labute approximate surface area is 146 Å². The molecule has 0 radical (unpaired) electrons. The van der Waals surface area contributed by atoms with E-state index in [4.69, 9.17) is 0 Å². The predicted octanol–water partition coefficient (Wildman–Crippen LogP) is 1.47. The highest BCUT2D eigenvalue weighted by Crippen LogP contribution is 2.15. The summed E-state index contributed by atoms with van der Waals surface area (Å²) in [6, 6.07) is 8.08. The fraction of sp³-hybridized carbons (Fsp3) is 0.312. The Balaban J connectivity index is 1.77. The first-order valence-electron chi connectivity index (χ1n) is 7.92. The molecule has 1 N–H and O–H groups in total. The van der Waals surface area contributed by atoms with Gasteiger partial charge in [0.25, 0.3) is 0 Å². The summed E-state index contributed by atoms with van der Waals surface area (Å²) in [5.74, 6) is 0.0872. The zero-order chi connectivity index (χ0) is 17.9. The maximum Gasteiger partial charge on any atom is 0.240 e. The van der Waals surface area contributed by atoms with Crippen LogP contribution in [-0.4, -0.2) is 39.2 Å². The zero-order valence-electron chi connectivity index (χ0n) is 14.0. The quantitative estimate of drug-likeness (QED) is 0.688. The summed E-state index contributed by atoms with van der Waals surface area (Å²) in [7, 11) is -3.64. The summed E-state index contributed by atoms with van der Waals surface area (Å²) in [6.45, 7) is 4.28. The summed E-state index contributed by atoms with van der Waals surface area (Å²) >= 11 is 0. The summed E-state index contributed by atoms with van der Waals surface area (Å²) in [6.07, 6.45) is 6.61. The van der Waals surface area contributed by atoms with E-state index in [1.807, 2.05) is 19.9 Å². The second-order valence-corrected chi connectivity index (χ2v) is 7.71. The molecule has 1 aromatic carbocycles. The van der Waals surface area contributed by atoms with Crippen molar-refractivity contribution in [3.8, 4) is 5.69 Å². The first-order chi connectivity index (χ1) is 12.0. The van der Waals surface area contributed by atoms with E-state index in [0.29, 0.717) is 6.54 Å². The van der Waals surface area contributed by atoms with Crippen molar-refractivity contribution in [3.05, 3.63) is 55.1 Å². The van der Waals surface area contributed by atoms with E-state index in [2.05, 4.69) is 20.0 Å². The average Bonchev–Trinajstić information content (AvgIpc) is 3.28. The van der Waals surface area contributed by atoms with Gasteiger partial charge >= 0.3 is 0 Å². The van der Waals surface area contributed by atoms with Crippen LogP contribution in [0.3, 0.4) is 0 Å². The van der Waals surface area contributed by atoms with Gasteiger partial charge < -0.3 is 0 Å². The Bertz CT molecular complexity index is 887. The van der Waals surface area contributed by atoms with Gasteiger partial charge in [0.15, 0.2) is 0 Å². The molecule has 2 aromatic heterocycles. The average molecular weight is 360 g/mol. The van der Waals surface area contributed by atoms with Crippen LogP contribution in [0.2, 0.25) is 0 Å². The molecule has 0 aliphatic carbocycles. The van der Waals surface area contributed by atoms with Gasteiger partial charge in [0.05, 0.1) is 29.5 Å². The standard InChI is InChI=1S/C16H20N6O2S/c1-13(2)16(12-22-18-9-10-19-22)20-25(23,24)15-6-4-14(5-7-15)21-11-3-8-17-21/h3-11,13,16,20H,12H2,1-2H3. The molecule has 132 valence electrons. The number of sulfonamides is 1. The smallest absolute Gasteiger partial charge is 0.240 e. The van der Waals surface area contributed by atoms with E-state index >= 15 is 0 Å². The Morgan fingerprint density at radius 2 is 1.72 bits per heavy atom. The maximum absolute atomic E-state index is 12.7. The lowest BCUT2D eigenvalue weighted by atomic mass is 10.1. The van der Waals surface area contributed by atoms with Crippen molar-refractivity contribution in [3.63, 3.8) is 0 Å². The van der Waals surface area contributed by atoms with Crippen LogP contribution in [0.25, 0.3) is 5.69 Å². The van der Waals surface area contributed by atoms with E-state index in [-0.39, 0.29) is 16.9 Å². The molecule has 1 unspecified atom stereocenters. The summed E-state index contributed by atoms with van der Waals surface area (Å²) in [4.78, 5) is 1.69. The van der Waals surface area contributed by atoms with E-state index in [0.717, 1.165) is 5.69 Å². The van der Waals surface area contributed by atoms with Crippen molar-refractivity contribution in [2.75, 3.05) is 0 Å². The Morgan fingerprint density at radius 3 is 2.28 bits per heavy atom. The number of benzene rings is 1. The van der Waals surface area contributed by atoms with Gasteiger partial charge in [-0.1, -0.05) is 13.8 Å². The molecule has 0 saturated heterocycles. The molecule has 0 amide bonds. The van der Waals surface area contributed by atoms with Crippen LogP contribution in [0.1, 0.15) is 13.8 Å². The first kappa shape index (κ1) is 17.3. The largest absolute Gasteiger partial charge is 0.241 e. The van der Waals surface area contributed by atoms with Gasteiger partial charge in [-0.05, 0) is 36.2 Å². The topological polar surface area (TPSA) is 94.7 Å².